The first-order chi connectivity index (χ1) is 11.6. The molecule has 0 unspecified atom stereocenters. The van der Waals surface area contributed by atoms with Gasteiger partial charge in [0.1, 0.15) is 11.4 Å². The van der Waals surface area contributed by atoms with E-state index in [-0.39, 0.29) is 23.5 Å². The van der Waals surface area contributed by atoms with Gasteiger partial charge < -0.3 is 16.2 Å². The van der Waals surface area contributed by atoms with Crippen molar-refractivity contribution in [2.75, 3.05) is 18.1 Å². The van der Waals surface area contributed by atoms with Gasteiger partial charge in [-0.25, -0.2) is 4.79 Å². The van der Waals surface area contributed by atoms with Gasteiger partial charge in [-0.15, -0.1) is 0 Å². The number of aromatic nitrogens is 1. The molecule has 24 heavy (non-hydrogen) atoms. The highest BCUT2D eigenvalue weighted by atomic mass is 16.5. The van der Waals surface area contributed by atoms with Crippen LogP contribution in [0.4, 0.5) is 11.5 Å². The maximum Gasteiger partial charge on any atom is 0.342 e. The van der Waals surface area contributed by atoms with E-state index in [2.05, 4.69) is 0 Å². The van der Waals surface area contributed by atoms with E-state index < -0.39 is 5.97 Å². The number of fused-ring (bicyclic) bond motifs is 1. The van der Waals surface area contributed by atoms with Crippen molar-refractivity contribution in [3.63, 3.8) is 0 Å². The fourth-order valence-electron chi connectivity index (χ4n) is 2.72. The lowest BCUT2D eigenvalue weighted by Crippen LogP contribution is -2.26. The number of nitrogens with zero attached hydrogens (tertiary/aromatic N) is 1. The van der Waals surface area contributed by atoms with E-state index >= 15 is 0 Å². The second kappa shape index (κ2) is 6.08. The van der Waals surface area contributed by atoms with E-state index in [9.17, 15) is 9.59 Å². The summed E-state index contributed by atoms with van der Waals surface area (Å²) in [5.74, 6) is -0.565. The van der Waals surface area contributed by atoms with Crippen LogP contribution in [0.5, 0.6) is 0 Å². The number of esters is 1. The molecule has 0 bridgehead atoms. The van der Waals surface area contributed by atoms with Crippen molar-refractivity contribution >= 4 is 28.2 Å². The Labute approximate surface area is 138 Å². The molecule has 0 saturated carbocycles. The van der Waals surface area contributed by atoms with Crippen molar-refractivity contribution in [1.29, 1.82) is 0 Å². The topological polar surface area (TPSA) is 100 Å². The monoisotopic (exact) mass is 323 g/mol. The summed E-state index contributed by atoms with van der Waals surface area (Å²) >= 11 is 0. The normalized spacial score (nSPS) is 10.7. The highest BCUT2D eigenvalue weighted by Crippen LogP contribution is 2.26. The minimum atomic E-state index is -0.575. The third-order valence-electron chi connectivity index (χ3n) is 3.78. The van der Waals surface area contributed by atoms with Crippen LogP contribution in [0.1, 0.15) is 17.3 Å². The summed E-state index contributed by atoms with van der Waals surface area (Å²) in [6.07, 6.45) is 0. The minimum Gasteiger partial charge on any atom is -0.462 e. The largest absolute Gasteiger partial charge is 0.462 e. The number of anilines is 2. The molecular weight excluding hydrogens is 306 g/mol. The lowest BCUT2D eigenvalue weighted by molar-refractivity contribution is 0.0529. The van der Waals surface area contributed by atoms with Crippen LogP contribution in [-0.2, 0) is 4.74 Å². The highest BCUT2D eigenvalue weighted by Gasteiger charge is 2.22. The van der Waals surface area contributed by atoms with Gasteiger partial charge in [0, 0.05) is 10.8 Å². The summed E-state index contributed by atoms with van der Waals surface area (Å²) in [5.41, 5.74) is 12.8. The average molecular weight is 323 g/mol. The molecule has 3 rings (SSSR count). The first kappa shape index (κ1) is 15.6. The van der Waals surface area contributed by atoms with Gasteiger partial charge in [0.2, 0.25) is 0 Å². The van der Waals surface area contributed by atoms with Crippen molar-refractivity contribution in [1.82, 2.24) is 4.57 Å². The summed E-state index contributed by atoms with van der Waals surface area (Å²) in [7, 11) is 0. The highest BCUT2D eigenvalue weighted by molar-refractivity contribution is 6.08. The summed E-state index contributed by atoms with van der Waals surface area (Å²) in [4.78, 5) is 25.3. The minimum absolute atomic E-state index is 0.00931. The lowest BCUT2D eigenvalue weighted by Gasteiger charge is -2.17. The maximum atomic E-state index is 12.9. The zero-order valence-corrected chi connectivity index (χ0v) is 13.2. The molecule has 0 saturated heterocycles. The number of ether oxygens (including phenoxy) is 1. The van der Waals surface area contributed by atoms with Crippen LogP contribution in [0.2, 0.25) is 0 Å². The van der Waals surface area contributed by atoms with E-state index in [0.717, 1.165) is 0 Å². The van der Waals surface area contributed by atoms with Crippen LogP contribution in [0, 0.1) is 0 Å². The van der Waals surface area contributed by atoms with Gasteiger partial charge in [-0.1, -0.05) is 30.3 Å². The summed E-state index contributed by atoms with van der Waals surface area (Å²) in [6.45, 7) is 1.92. The number of para-hydroxylation sites is 2. The number of carbonyl (C=O) groups is 1. The number of benzene rings is 2. The zero-order chi connectivity index (χ0) is 17.3. The number of rotatable bonds is 3. The molecule has 2 aromatic carbocycles. The fourth-order valence-corrected chi connectivity index (χ4v) is 2.72. The van der Waals surface area contributed by atoms with E-state index in [1.165, 1.54) is 4.57 Å². The Hall–Kier alpha value is -3.28. The van der Waals surface area contributed by atoms with Gasteiger partial charge in [0.25, 0.3) is 5.56 Å². The third kappa shape index (κ3) is 2.38. The molecule has 6 nitrogen and oxygen atoms in total. The molecule has 1 aromatic heterocycles. The van der Waals surface area contributed by atoms with E-state index in [0.29, 0.717) is 22.1 Å². The van der Waals surface area contributed by atoms with Crippen molar-refractivity contribution in [2.24, 2.45) is 0 Å². The molecule has 0 radical (unpaired) electrons. The van der Waals surface area contributed by atoms with Gasteiger partial charge >= 0.3 is 5.97 Å². The van der Waals surface area contributed by atoms with Crippen molar-refractivity contribution in [3.8, 4) is 5.69 Å². The number of pyridine rings is 1. The van der Waals surface area contributed by atoms with Crippen molar-refractivity contribution in [3.05, 3.63) is 64.4 Å². The SMILES string of the molecule is CCOC(=O)c1c(N)n(-c2ccccc2N)c(=O)c2ccccc12. The second-order valence-corrected chi connectivity index (χ2v) is 5.23. The Bertz CT molecular complexity index is 992. The predicted molar refractivity (Wildman–Crippen MR) is 94.3 cm³/mol. The molecule has 6 heteroatoms. The molecule has 0 fully saturated rings. The van der Waals surface area contributed by atoms with Crippen molar-refractivity contribution in [2.45, 2.75) is 6.92 Å². The molecule has 0 aliphatic rings. The van der Waals surface area contributed by atoms with Gasteiger partial charge in [0.05, 0.1) is 18.0 Å². The average Bonchev–Trinajstić information content (AvgIpc) is 2.57. The molecular formula is C18H17N3O3. The number of hydrogen-bond donors (Lipinski definition) is 2. The second-order valence-electron chi connectivity index (χ2n) is 5.23. The first-order valence-electron chi connectivity index (χ1n) is 7.51. The lowest BCUT2D eigenvalue weighted by atomic mass is 10.1. The van der Waals surface area contributed by atoms with Gasteiger partial charge in [-0.2, -0.15) is 0 Å². The standard InChI is InChI=1S/C18H17N3O3/c1-2-24-18(23)15-11-7-3-4-8-12(11)17(22)21(16(15)20)14-10-6-5-9-13(14)19/h3-10H,2,19-20H2,1H3. The van der Waals surface area contributed by atoms with Crippen LogP contribution >= 0.6 is 0 Å². The van der Waals surface area contributed by atoms with Crippen LogP contribution in [0.25, 0.3) is 16.5 Å². The number of hydrogen-bond acceptors (Lipinski definition) is 5. The van der Waals surface area contributed by atoms with Gasteiger partial charge in [-0.05, 0) is 25.1 Å². The summed E-state index contributed by atoms with van der Waals surface area (Å²) in [5, 5.41) is 0.835. The molecule has 0 amide bonds. The molecule has 0 atom stereocenters. The Morgan fingerprint density at radius 2 is 1.67 bits per heavy atom. The van der Waals surface area contributed by atoms with E-state index in [1.807, 2.05) is 0 Å². The number of carbonyl (C=O) groups excluding carboxylic acids is 1. The molecule has 4 N–H and O–H groups in total. The smallest absolute Gasteiger partial charge is 0.342 e. The Balaban J connectivity index is 2.46. The van der Waals surface area contributed by atoms with Crippen LogP contribution in [0.3, 0.4) is 0 Å². The molecule has 0 aliphatic heterocycles. The molecule has 1 heterocycles. The maximum absolute atomic E-state index is 12.9. The third-order valence-corrected chi connectivity index (χ3v) is 3.78. The number of nitrogen functional groups attached to an aromatic ring is 2. The van der Waals surface area contributed by atoms with E-state index in [4.69, 9.17) is 16.2 Å². The van der Waals surface area contributed by atoms with Gasteiger partial charge in [-0.3, -0.25) is 9.36 Å². The quantitative estimate of drug-likeness (QED) is 0.569. The van der Waals surface area contributed by atoms with Crippen LogP contribution < -0.4 is 17.0 Å². The van der Waals surface area contributed by atoms with Crippen molar-refractivity contribution < 1.29 is 9.53 Å². The molecule has 122 valence electrons. The summed E-state index contributed by atoms with van der Waals surface area (Å²) in [6, 6.07) is 13.6. The molecule has 3 aromatic rings. The van der Waals surface area contributed by atoms with Crippen LogP contribution in [-0.4, -0.2) is 17.1 Å². The fraction of sp³-hybridized carbons (Fsp3) is 0.111. The Kier molecular flexibility index (Phi) is 3.95. The molecule has 0 spiro atoms. The van der Waals surface area contributed by atoms with E-state index in [1.54, 1.807) is 55.5 Å². The number of nitrogens with two attached hydrogens (primary N) is 2. The predicted octanol–water partition coefficient (Wildman–Crippen LogP) is 2.33. The first-order valence-corrected chi connectivity index (χ1v) is 7.51. The molecule has 0 aliphatic carbocycles. The Morgan fingerprint density at radius 3 is 2.33 bits per heavy atom. The summed E-state index contributed by atoms with van der Waals surface area (Å²) < 4.78 is 6.37. The van der Waals surface area contributed by atoms with Gasteiger partial charge in [0.15, 0.2) is 0 Å². The van der Waals surface area contributed by atoms with Crippen LogP contribution in [0.15, 0.2) is 53.3 Å². The Morgan fingerprint density at radius 1 is 1.04 bits per heavy atom. The zero-order valence-electron chi connectivity index (χ0n) is 13.2.